The quantitative estimate of drug-likeness (QED) is 0.388. The van der Waals surface area contributed by atoms with Crippen molar-refractivity contribution >= 4 is 66.3 Å². The summed E-state index contributed by atoms with van der Waals surface area (Å²) in [5.41, 5.74) is 2.70. The molecule has 0 saturated carbocycles. The van der Waals surface area contributed by atoms with Crippen molar-refractivity contribution in [3.8, 4) is 10.6 Å². The molecule has 0 unspecified atom stereocenters. The zero-order chi connectivity index (χ0) is 21.5. The Bertz CT molecular complexity index is 1510. The van der Waals surface area contributed by atoms with E-state index < -0.39 is 0 Å². The van der Waals surface area contributed by atoms with Crippen LogP contribution in [0.3, 0.4) is 0 Å². The maximum atomic E-state index is 13.0. The predicted molar refractivity (Wildman–Crippen MR) is 127 cm³/mol. The van der Waals surface area contributed by atoms with Gasteiger partial charge in [0.15, 0.2) is 0 Å². The first-order valence-corrected chi connectivity index (χ1v) is 11.5. The number of carbonyl (C=O) groups excluding carboxylic acids is 1. The number of nitrogens with one attached hydrogen (secondary N) is 1. The smallest absolute Gasteiger partial charge is 0.271 e. The van der Waals surface area contributed by atoms with E-state index >= 15 is 0 Å². The fourth-order valence-electron chi connectivity index (χ4n) is 3.29. The molecule has 0 fully saturated rings. The van der Waals surface area contributed by atoms with E-state index in [1.54, 1.807) is 23.5 Å². The molecule has 1 amide bonds. The summed E-state index contributed by atoms with van der Waals surface area (Å²) < 4.78 is 1.78. The number of pyridine rings is 1. The summed E-state index contributed by atoms with van der Waals surface area (Å²) in [6.07, 6.45) is 1.40. The van der Waals surface area contributed by atoms with Crippen LogP contribution in [-0.4, -0.2) is 20.4 Å². The van der Waals surface area contributed by atoms with Crippen LogP contribution in [0.15, 0.2) is 59.0 Å². The lowest BCUT2D eigenvalue weighted by Gasteiger charge is -2.09. The van der Waals surface area contributed by atoms with Crippen LogP contribution in [-0.2, 0) is 11.3 Å². The van der Waals surface area contributed by atoms with Gasteiger partial charge in [0, 0.05) is 5.39 Å². The number of thiophene rings is 2. The van der Waals surface area contributed by atoms with Crippen molar-refractivity contribution in [3.63, 3.8) is 0 Å². The highest BCUT2D eigenvalue weighted by atomic mass is 35.5. The Morgan fingerprint density at radius 3 is 2.87 bits per heavy atom. The molecule has 0 spiro atoms. The first-order chi connectivity index (χ1) is 15.0. The second-order valence-corrected chi connectivity index (χ2v) is 9.37. The summed E-state index contributed by atoms with van der Waals surface area (Å²) in [5, 5.41) is 6.03. The molecule has 0 aliphatic carbocycles. The second-order valence-electron chi connectivity index (χ2n) is 7.02. The molecule has 1 aromatic carbocycles. The van der Waals surface area contributed by atoms with Crippen molar-refractivity contribution < 1.29 is 4.79 Å². The van der Waals surface area contributed by atoms with Crippen LogP contribution in [0.5, 0.6) is 0 Å². The number of carbonyl (C=O) groups is 1. The van der Waals surface area contributed by atoms with Gasteiger partial charge in [0.25, 0.3) is 5.56 Å². The Morgan fingerprint density at radius 1 is 1.23 bits per heavy atom. The minimum absolute atomic E-state index is 0.159. The van der Waals surface area contributed by atoms with Gasteiger partial charge in [-0.05, 0) is 48.2 Å². The van der Waals surface area contributed by atoms with Gasteiger partial charge in [-0.2, -0.15) is 0 Å². The maximum Gasteiger partial charge on any atom is 0.271 e. The normalized spacial score (nSPS) is 11.3. The lowest BCUT2D eigenvalue weighted by molar-refractivity contribution is -0.116. The van der Waals surface area contributed by atoms with Crippen LogP contribution >= 0.6 is 34.3 Å². The Balaban J connectivity index is 1.47. The zero-order valence-corrected chi connectivity index (χ0v) is 18.6. The summed E-state index contributed by atoms with van der Waals surface area (Å²) in [5.74, 6) is -0.353. The number of rotatable bonds is 4. The van der Waals surface area contributed by atoms with E-state index in [-0.39, 0.29) is 18.0 Å². The van der Waals surface area contributed by atoms with Crippen LogP contribution in [0.25, 0.3) is 31.0 Å². The van der Waals surface area contributed by atoms with Gasteiger partial charge in [0.1, 0.15) is 16.1 Å². The van der Waals surface area contributed by atoms with E-state index in [2.05, 4.69) is 10.3 Å². The third-order valence-corrected chi connectivity index (χ3v) is 7.08. The summed E-state index contributed by atoms with van der Waals surface area (Å²) in [4.78, 5) is 36.5. The Hall–Kier alpha value is -3.07. The molecule has 4 aromatic heterocycles. The van der Waals surface area contributed by atoms with Crippen LogP contribution in [0, 0.1) is 6.92 Å². The molecule has 0 bridgehead atoms. The summed E-state index contributed by atoms with van der Waals surface area (Å²) in [7, 11) is 0. The summed E-state index contributed by atoms with van der Waals surface area (Å²) >= 11 is 9.09. The van der Waals surface area contributed by atoms with Crippen LogP contribution in [0.1, 0.15) is 5.56 Å². The Morgan fingerprint density at radius 2 is 2.10 bits per heavy atom. The SMILES string of the molecule is Cc1ccc(NC(=O)Cn2cnc3c(sc4nc(-c5cccs5)ccc43)c2=O)c(Cl)c1. The van der Waals surface area contributed by atoms with Gasteiger partial charge < -0.3 is 5.32 Å². The van der Waals surface area contributed by atoms with Gasteiger partial charge >= 0.3 is 0 Å². The Kier molecular flexibility index (Phi) is 5.05. The molecule has 0 aliphatic rings. The number of aromatic nitrogens is 3. The molecule has 9 heteroatoms. The van der Waals surface area contributed by atoms with Gasteiger partial charge in [0.05, 0.1) is 33.1 Å². The molecular weight excluding hydrogens is 452 g/mol. The van der Waals surface area contributed by atoms with Crippen molar-refractivity contribution in [2.75, 3.05) is 5.32 Å². The van der Waals surface area contributed by atoms with E-state index in [0.717, 1.165) is 26.4 Å². The lowest BCUT2D eigenvalue weighted by atomic mass is 10.2. The number of aryl methyl sites for hydroxylation is 1. The first kappa shape index (κ1) is 19.9. The van der Waals surface area contributed by atoms with Crippen LogP contribution in [0.4, 0.5) is 5.69 Å². The van der Waals surface area contributed by atoms with Crippen molar-refractivity contribution in [2.45, 2.75) is 13.5 Å². The van der Waals surface area contributed by atoms with Crippen molar-refractivity contribution in [1.29, 1.82) is 0 Å². The van der Waals surface area contributed by atoms with Crippen LogP contribution in [0.2, 0.25) is 5.02 Å². The second kappa shape index (κ2) is 7.88. The lowest BCUT2D eigenvalue weighted by Crippen LogP contribution is -2.27. The highest BCUT2D eigenvalue weighted by Crippen LogP contribution is 2.32. The molecule has 0 atom stereocenters. The van der Waals surface area contributed by atoms with E-state index in [1.807, 2.05) is 42.6 Å². The third kappa shape index (κ3) is 3.74. The molecule has 4 heterocycles. The molecule has 5 aromatic rings. The Labute approximate surface area is 189 Å². The molecule has 0 saturated heterocycles. The standard InChI is InChI=1S/C22H15ClN4O2S2/c1-12-4-6-15(14(23)9-12)25-18(28)10-27-11-24-19-13-5-7-16(17-3-2-8-30-17)26-21(13)31-20(19)22(27)29/h2-9,11H,10H2,1H3,(H,25,28). The molecule has 0 aliphatic heterocycles. The minimum Gasteiger partial charge on any atom is -0.323 e. The van der Waals surface area contributed by atoms with Gasteiger partial charge in [0.2, 0.25) is 5.91 Å². The van der Waals surface area contributed by atoms with Gasteiger partial charge in [-0.1, -0.05) is 23.7 Å². The number of benzene rings is 1. The van der Waals surface area contributed by atoms with Crippen molar-refractivity contribution in [1.82, 2.24) is 14.5 Å². The average Bonchev–Trinajstić information content (AvgIpc) is 3.40. The number of anilines is 1. The number of amides is 1. The molecule has 31 heavy (non-hydrogen) atoms. The van der Waals surface area contributed by atoms with E-state index in [0.29, 0.717) is 20.9 Å². The number of hydrogen-bond donors (Lipinski definition) is 1. The third-order valence-electron chi connectivity index (χ3n) is 4.80. The minimum atomic E-state index is -0.353. The van der Waals surface area contributed by atoms with Gasteiger partial charge in [-0.25, -0.2) is 9.97 Å². The van der Waals surface area contributed by atoms with Crippen molar-refractivity contribution in [3.05, 3.63) is 75.1 Å². The molecule has 6 nitrogen and oxygen atoms in total. The number of fused-ring (bicyclic) bond motifs is 3. The van der Waals surface area contributed by atoms with E-state index in [4.69, 9.17) is 16.6 Å². The largest absolute Gasteiger partial charge is 0.323 e. The predicted octanol–water partition coefficient (Wildman–Crippen LogP) is 5.34. The highest BCUT2D eigenvalue weighted by molar-refractivity contribution is 7.25. The number of hydrogen-bond acceptors (Lipinski definition) is 6. The van der Waals surface area contributed by atoms with Crippen LogP contribution < -0.4 is 10.9 Å². The summed E-state index contributed by atoms with van der Waals surface area (Å²) in [6, 6.07) is 13.2. The fraction of sp³-hybridized carbons (Fsp3) is 0.0909. The average molecular weight is 467 g/mol. The number of halogens is 1. The molecular formula is C22H15ClN4O2S2. The van der Waals surface area contributed by atoms with Gasteiger partial charge in [-0.3, -0.25) is 14.2 Å². The topological polar surface area (TPSA) is 76.9 Å². The molecule has 154 valence electrons. The monoisotopic (exact) mass is 466 g/mol. The summed E-state index contributed by atoms with van der Waals surface area (Å²) in [6.45, 7) is 1.76. The zero-order valence-electron chi connectivity index (χ0n) is 16.3. The molecule has 0 radical (unpaired) electrons. The number of nitrogens with zero attached hydrogens (tertiary/aromatic N) is 3. The van der Waals surface area contributed by atoms with E-state index in [1.165, 1.54) is 22.2 Å². The molecule has 5 rings (SSSR count). The highest BCUT2D eigenvalue weighted by Gasteiger charge is 2.15. The first-order valence-electron chi connectivity index (χ1n) is 9.38. The molecule has 1 N–H and O–H groups in total. The maximum absolute atomic E-state index is 13.0. The van der Waals surface area contributed by atoms with Crippen molar-refractivity contribution in [2.24, 2.45) is 0 Å². The van der Waals surface area contributed by atoms with Gasteiger partial charge in [-0.15, -0.1) is 22.7 Å². The van der Waals surface area contributed by atoms with E-state index in [9.17, 15) is 9.59 Å². The fourth-order valence-corrected chi connectivity index (χ4v) is 5.34.